The highest BCUT2D eigenvalue weighted by atomic mass is 16.3. The van der Waals surface area contributed by atoms with Crippen molar-refractivity contribution in [2.45, 2.75) is 51.1 Å². The van der Waals surface area contributed by atoms with Gasteiger partial charge in [-0.3, -0.25) is 14.5 Å². The molecule has 0 aromatic carbocycles. The first-order valence-electron chi connectivity index (χ1n) is 7.39. The van der Waals surface area contributed by atoms with Crippen LogP contribution in [-0.4, -0.2) is 52.6 Å². The molecule has 7 heteroatoms. The molecule has 2 atom stereocenters. The van der Waals surface area contributed by atoms with Crippen LogP contribution >= 0.6 is 0 Å². The summed E-state index contributed by atoms with van der Waals surface area (Å²) >= 11 is 0. The Labute approximate surface area is 124 Å². The largest absolute Gasteiger partial charge is 0.396 e. The van der Waals surface area contributed by atoms with E-state index in [4.69, 9.17) is 0 Å². The lowest BCUT2D eigenvalue weighted by molar-refractivity contribution is -0.134. The van der Waals surface area contributed by atoms with E-state index in [9.17, 15) is 19.5 Å². The van der Waals surface area contributed by atoms with Crippen LogP contribution in [0.15, 0.2) is 0 Å². The number of carbonyl (C=O) groups is 3. The van der Waals surface area contributed by atoms with Gasteiger partial charge < -0.3 is 15.7 Å². The van der Waals surface area contributed by atoms with Crippen molar-refractivity contribution in [3.05, 3.63) is 0 Å². The summed E-state index contributed by atoms with van der Waals surface area (Å²) in [4.78, 5) is 36.7. The predicted molar refractivity (Wildman–Crippen MR) is 75.3 cm³/mol. The average Bonchev–Trinajstić information content (AvgIpc) is 2.61. The van der Waals surface area contributed by atoms with Crippen LogP contribution in [0.3, 0.4) is 0 Å². The molecule has 1 saturated carbocycles. The summed E-state index contributed by atoms with van der Waals surface area (Å²) < 4.78 is 0. The molecule has 0 aromatic heterocycles. The predicted octanol–water partition coefficient (Wildman–Crippen LogP) is -0.0159. The van der Waals surface area contributed by atoms with Gasteiger partial charge in [0.25, 0.3) is 5.91 Å². The van der Waals surface area contributed by atoms with Crippen molar-refractivity contribution in [2.75, 3.05) is 13.2 Å². The Morgan fingerprint density at radius 1 is 1.38 bits per heavy atom. The van der Waals surface area contributed by atoms with Crippen molar-refractivity contribution >= 4 is 17.8 Å². The fourth-order valence-corrected chi connectivity index (χ4v) is 2.97. The number of hydrogen-bond donors (Lipinski definition) is 3. The summed E-state index contributed by atoms with van der Waals surface area (Å²) in [5.41, 5.74) is -0.962. The zero-order chi connectivity index (χ0) is 15.6. The molecule has 21 heavy (non-hydrogen) atoms. The molecule has 3 N–H and O–H groups in total. The zero-order valence-corrected chi connectivity index (χ0v) is 12.5. The number of amides is 4. The summed E-state index contributed by atoms with van der Waals surface area (Å²) in [5, 5.41) is 14.7. The van der Waals surface area contributed by atoms with Gasteiger partial charge in [-0.1, -0.05) is 12.8 Å². The minimum Gasteiger partial charge on any atom is -0.396 e. The summed E-state index contributed by atoms with van der Waals surface area (Å²) in [5.74, 6) is -0.700. The van der Waals surface area contributed by atoms with Gasteiger partial charge in [-0.2, -0.15) is 0 Å². The molecule has 7 nitrogen and oxygen atoms in total. The fraction of sp³-hybridized carbons (Fsp3) is 0.786. The lowest BCUT2D eigenvalue weighted by Gasteiger charge is -2.31. The van der Waals surface area contributed by atoms with E-state index in [-0.39, 0.29) is 31.0 Å². The Kier molecular flexibility index (Phi) is 4.51. The molecule has 1 saturated heterocycles. The monoisotopic (exact) mass is 297 g/mol. The lowest BCUT2D eigenvalue weighted by Crippen LogP contribution is -2.48. The molecule has 1 heterocycles. The van der Waals surface area contributed by atoms with E-state index >= 15 is 0 Å². The van der Waals surface area contributed by atoms with Crippen molar-refractivity contribution < 1.29 is 19.5 Å². The molecule has 2 unspecified atom stereocenters. The molecule has 2 aliphatic rings. The first-order valence-corrected chi connectivity index (χ1v) is 7.39. The van der Waals surface area contributed by atoms with Crippen LogP contribution in [0, 0.1) is 5.92 Å². The topological polar surface area (TPSA) is 98.7 Å². The summed E-state index contributed by atoms with van der Waals surface area (Å²) in [6.45, 7) is 2.98. The maximum absolute atomic E-state index is 12.1. The number of nitrogens with one attached hydrogen (secondary N) is 2. The average molecular weight is 297 g/mol. The van der Waals surface area contributed by atoms with Crippen LogP contribution in [-0.2, 0) is 9.59 Å². The minimum absolute atomic E-state index is 0.0428. The van der Waals surface area contributed by atoms with Gasteiger partial charge in [-0.25, -0.2) is 4.79 Å². The fourth-order valence-electron chi connectivity index (χ4n) is 2.97. The highest BCUT2D eigenvalue weighted by Gasteiger charge is 2.45. The van der Waals surface area contributed by atoms with Gasteiger partial charge in [0.15, 0.2) is 0 Å². The quantitative estimate of drug-likeness (QED) is 0.635. The van der Waals surface area contributed by atoms with E-state index < -0.39 is 17.5 Å². The number of aliphatic hydroxyl groups excluding tert-OH is 1. The Hall–Kier alpha value is -1.63. The number of nitrogens with zero attached hydrogens (tertiary/aromatic N) is 1. The van der Waals surface area contributed by atoms with E-state index in [1.807, 2.05) is 0 Å². The van der Waals surface area contributed by atoms with Crippen LogP contribution in [0.4, 0.5) is 4.79 Å². The van der Waals surface area contributed by atoms with E-state index in [0.29, 0.717) is 0 Å². The highest BCUT2D eigenvalue weighted by Crippen LogP contribution is 2.24. The second-order valence-corrected chi connectivity index (χ2v) is 6.35. The van der Waals surface area contributed by atoms with Crippen molar-refractivity contribution in [1.29, 1.82) is 0 Å². The van der Waals surface area contributed by atoms with E-state index in [0.717, 1.165) is 30.6 Å². The Bertz CT molecular complexity index is 450. The molecule has 0 radical (unpaired) electrons. The maximum atomic E-state index is 12.1. The van der Waals surface area contributed by atoms with Gasteiger partial charge in [-0.05, 0) is 26.7 Å². The lowest BCUT2D eigenvalue weighted by atomic mass is 9.85. The number of rotatable bonds is 4. The zero-order valence-electron chi connectivity index (χ0n) is 12.5. The van der Waals surface area contributed by atoms with Crippen LogP contribution < -0.4 is 10.6 Å². The van der Waals surface area contributed by atoms with E-state index in [1.54, 1.807) is 13.8 Å². The maximum Gasteiger partial charge on any atom is 0.325 e. The van der Waals surface area contributed by atoms with Crippen molar-refractivity contribution in [1.82, 2.24) is 15.5 Å². The van der Waals surface area contributed by atoms with Gasteiger partial charge >= 0.3 is 6.03 Å². The van der Waals surface area contributed by atoms with Crippen LogP contribution in [0.1, 0.15) is 39.5 Å². The first kappa shape index (κ1) is 15.8. The minimum atomic E-state index is -0.962. The summed E-state index contributed by atoms with van der Waals surface area (Å²) in [6.07, 6.45) is 3.77. The van der Waals surface area contributed by atoms with E-state index in [2.05, 4.69) is 10.6 Å². The smallest absolute Gasteiger partial charge is 0.325 e. The Balaban J connectivity index is 1.93. The van der Waals surface area contributed by atoms with Crippen LogP contribution in [0.5, 0.6) is 0 Å². The Morgan fingerprint density at radius 3 is 2.62 bits per heavy atom. The molecule has 118 valence electrons. The van der Waals surface area contributed by atoms with Crippen molar-refractivity contribution in [2.24, 2.45) is 5.92 Å². The molecular weight excluding hydrogens is 274 g/mol. The number of urea groups is 1. The molecule has 2 fully saturated rings. The van der Waals surface area contributed by atoms with Crippen molar-refractivity contribution in [3.8, 4) is 0 Å². The SMILES string of the molecule is CC1(C)NC(=O)N(CC(=O)NC2CCCCC2CO)C1=O. The molecule has 1 aliphatic carbocycles. The number of hydrogen-bond acceptors (Lipinski definition) is 4. The van der Waals surface area contributed by atoms with Gasteiger partial charge in [0.1, 0.15) is 12.1 Å². The van der Waals surface area contributed by atoms with Gasteiger partial charge in [0, 0.05) is 18.6 Å². The highest BCUT2D eigenvalue weighted by molar-refractivity contribution is 6.08. The van der Waals surface area contributed by atoms with Crippen LogP contribution in [0.2, 0.25) is 0 Å². The molecule has 4 amide bonds. The second kappa shape index (κ2) is 6.01. The Morgan fingerprint density at radius 2 is 2.05 bits per heavy atom. The second-order valence-electron chi connectivity index (χ2n) is 6.35. The van der Waals surface area contributed by atoms with Crippen molar-refractivity contribution in [3.63, 3.8) is 0 Å². The van der Waals surface area contributed by atoms with Gasteiger partial charge in [0.2, 0.25) is 5.91 Å². The standard InChI is InChI=1S/C14H23N3O4/c1-14(2)12(20)17(13(21)16-14)7-11(19)15-10-6-4-3-5-9(10)8-18/h9-10,18H,3-8H2,1-2H3,(H,15,19)(H,16,21). The third-order valence-corrected chi connectivity index (χ3v) is 4.24. The molecule has 0 bridgehead atoms. The van der Waals surface area contributed by atoms with E-state index in [1.165, 1.54) is 0 Å². The van der Waals surface area contributed by atoms with Gasteiger partial charge in [0.05, 0.1) is 0 Å². The van der Waals surface area contributed by atoms with Crippen LogP contribution in [0.25, 0.3) is 0 Å². The third-order valence-electron chi connectivity index (χ3n) is 4.24. The molecule has 0 spiro atoms. The molecular formula is C14H23N3O4. The molecule has 1 aliphatic heterocycles. The third kappa shape index (κ3) is 3.34. The molecule has 2 rings (SSSR count). The van der Waals surface area contributed by atoms with Gasteiger partial charge in [-0.15, -0.1) is 0 Å². The number of carbonyl (C=O) groups excluding carboxylic acids is 3. The number of aliphatic hydroxyl groups is 1. The summed E-state index contributed by atoms with van der Waals surface area (Å²) in [6, 6.07) is -0.618. The summed E-state index contributed by atoms with van der Waals surface area (Å²) in [7, 11) is 0. The number of imide groups is 1. The molecule has 0 aromatic rings. The first-order chi connectivity index (χ1) is 9.85. The normalized spacial score (nSPS) is 28.4.